The van der Waals surface area contributed by atoms with Crippen LogP contribution in [0.15, 0.2) is 36.4 Å². The summed E-state index contributed by atoms with van der Waals surface area (Å²) in [5.41, 5.74) is 2.24. The number of aromatic nitrogens is 2. The third kappa shape index (κ3) is 14.7. The number of rotatable bonds is 3. The monoisotopic (exact) mass is 628 g/mol. The van der Waals surface area contributed by atoms with Gasteiger partial charge in [0, 0.05) is 30.8 Å². The zero-order valence-electron chi connectivity index (χ0n) is 28.7. The number of hydrogen-bond donors (Lipinski definition) is 1. The fourth-order valence-corrected chi connectivity index (χ4v) is 7.02. The van der Waals surface area contributed by atoms with Crippen LogP contribution in [-0.4, -0.2) is 46.7 Å². The van der Waals surface area contributed by atoms with Gasteiger partial charge < -0.3 is 10.1 Å². The maximum Gasteiger partial charge on any atom is 0.233 e. The van der Waals surface area contributed by atoms with Crippen molar-refractivity contribution in [2.45, 2.75) is 148 Å². The summed E-state index contributed by atoms with van der Waals surface area (Å²) in [6.07, 6.45) is 29.2. The summed E-state index contributed by atoms with van der Waals surface area (Å²) < 4.78 is 6.58. The van der Waals surface area contributed by atoms with E-state index in [0.29, 0.717) is 17.5 Å². The molecule has 3 atom stereocenters. The highest BCUT2D eigenvalue weighted by Crippen LogP contribution is 2.28. The van der Waals surface area contributed by atoms with Crippen LogP contribution in [0.2, 0.25) is 0 Å². The van der Waals surface area contributed by atoms with Gasteiger partial charge in [-0.1, -0.05) is 121 Å². The number of hydrogen-bond acceptors (Lipinski definition) is 5. The van der Waals surface area contributed by atoms with E-state index in [-0.39, 0.29) is 12.0 Å². The average molecular weight is 629 g/mol. The van der Waals surface area contributed by atoms with Gasteiger partial charge in [0.1, 0.15) is 11.8 Å². The molecule has 6 nitrogen and oxygen atoms in total. The summed E-state index contributed by atoms with van der Waals surface area (Å²) in [7, 11) is 0. The molecular formula is C40H60N4O2. The lowest BCUT2D eigenvalue weighted by Crippen LogP contribution is -2.47. The van der Waals surface area contributed by atoms with Crippen LogP contribution in [0.4, 0.5) is 5.69 Å². The maximum absolute atomic E-state index is 11.2. The van der Waals surface area contributed by atoms with Crippen LogP contribution in [0.25, 0.3) is 0 Å². The summed E-state index contributed by atoms with van der Waals surface area (Å²) in [6, 6.07) is 11.3. The Bertz CT molecular complexity index is 1170. The van der Waals surface area contributed by atoms with Crippen molar-refractivity contribution in [3.63, 3.8) is 0 Å². The SMILES string of the molecule is CC(=O)Nc1ccc(C#Cc2ccc(OC3CN4CCCCCCCCCCCCCCCCCCCCCC3CC4)nn2)cc1. The van der Waals surface area contributed by atoms with Crippen LogP contribution >= 0.6 is 0 Å². The topological polar surface area (TPSA) is 67.3 Å². The van der Waals surface area contributed by atoms with E-state index < -0.39 is 0 Å². The predicted molar refractivity (Wildman–Crippen MR) is 190 cm³/mol. The molecule has 0 spiro atoms. The molecule has 3 aliphatic heterocycles. The Kier molecular flexibility index (Phi) is 17.0. The Hall–Kier alpha value is -2.91. The minimum atomic E-state index is -0.0859. The van der Waals surface area contributed by atoms with Crippen LogP contribution in [0.5, 0.6) is 5.88 Å². The number of piperidine rings is 1. The second kappa shape index (κ2) is 21.8. The van der Waals surface area contributed by atoms with Crippen molar-refractivity contribution in [3.8, 4) is 17.7 Å². The molecule has 3 saturated heterocycles. The highest BCUT2D eigenvalue weighted by molar-refractivity contribution is 5.88. The molecule has 0 saturated carbocycles. The van der Waals surface area contributed by atoms with Crippen molar-refractivity contribution in [3.05, 3.63) is 47.7 Å². The van der Waals surface area contributed by atoms with Gasteiger partial charge in [0.15, 0.2) is 0 Å². The molecule has 46 heavy (non-hydrogen) atoms. The van der Waals surface area contributed by atoms with Gasteiger partial charge in [-0.3, -0.25) is 9.69 Å². The Balaban J connectivity index is 1.29. The van der Waals surface area contributed by atoms with E-state index in [0.717, 1.165) is 17.8 Å². The first-order valence-corrected chi connectivity index (χ1v) is 18.8. The minimum absolute atomic E-state index is 0.0859. The van der Waals surface area contributed by atoms with Crippen LogP contribution in [-0.2, 0) is 4.79 Å². The quantitative estimate of drug-likeness (QED) is 0.343. The first kappa shape index (κ1) is 35.9. The molecule has 5 rings (SSSR count). The Morgan fingerprint density at radius 1 is 0.674 bits per heavy atom. The first-order valence-electron chi connectivity index (χ1n) is 18.8. The summed E-state index contributed by atoms with van der Waals surface area (Å²) >= 11 is 0. The largest absolute Gasteiger partial charge is 0.472 e. The fourth-order valence-electron chi connectivity index (χ4n) is 7.02. The number of carbonyl (C=O) groups is 1. The van der Waals surface area contributed by atoms with Crippen molar-refractivity contribution >= 4 is 11.6 Å². The smallest absolute Gasteiger partial charge is 0.233 e. The molecular weight excluding hydrogens is 568 g/mol. The highest BCUT2D eigenvalue weighted by atomic mass is 16.5. The van der Waals surface area contributed by atoms with Gasteiger partial charge in [0.25, 0.3) is 0 Å². The van der Waals surface area contributed by atoms with Gasteiger partial charge in [-0.25, -0.2) is 0 Å². The lowest BCUT2D eigenvalue weighted by molar-refractivity contribution is -0.114. The molecule has 6 heteroatoms. The van der Waals surface area contributed by atoms with Gasteiger partial charge in [-0.15, -0.1) is 10.2 Å². The Labute approximate surface area is 279 Å². The van der Waals surface area contributed by atoms with E-state index >= 15 is 0 Å². The highest BCUT2D eigenvalue weighted by Gasteiger charge is 2.30. The van der Waals surface area contributed by atoms with E-state index in [4.69, 9.17) is 4.74 Å². The van der Waals surface area contributed by atoms with E-state index in [2.05, 4.69) is 32.3 Å². The standard InChI is InChI=1S/C40H60N4O2/c1-34(45)41-37-25-22-35(23-26-37)24-27-38-28-29-40(43-42-38)46-39-33-44-31-20-18-16-14-12-10-8-6-4-2-3-5-7-9-11-13-15-17-19-21-36(39)30-32-44/h22-23,25-26,28-29,36,39H,2-21,30-33H2,1H3,(H,41,45). The van der Waals surface area contributed by atoms with E-state index in [1.54, 1.807) is 0 Å². The molecule has 0 aliphatic carbocycles. The van der Waals surface area contributed by atoms with Gasteiger partial charge in [0.2, 0.25) is 11.8 Å². The normalized spacial score (nSPS) is 23.5. The number of nitrogens with zero attached hydrogens (tertiary/aromatic N) is 3. The molecule has 2 aromatic rings. The summed E-state index contributed by atoms with van der Waals surface area (Å²) in [5, 5.41) is 11.6. The van der Waals surface area contributed by atoms with Gasteiger partial charge in [-0.05, 0) is 74.5 Å². The van der Waals surface area contributed by atoms with Crippen molar-refractivity contribution in [2.24, 2.45) is 5.92 Å². The second-order valence-corrected chi connectivity index (χ2v) is 13.8. The molecule has 4 heterocycles. The summed E-state index contributed by atoms with van der Waals surface area (Å²) in [6.45, 7) is 4.86. The lowest BCUT2D eigenvalue weighted by Gasteiger charge is -2.38. The van der Waals surface area contributed by atoms with Crippen LogP contribution in [0.3, 0.4) is 0 Å². The number of ether oxygens (including phenoxy) is 1. The van der Waals surface area contributed by atoms with Crippen molar-refractivity contribution in [1.29, 1.82) is 0 Å². The van der Waals surface area contributed by atoms with Gasteiger partial charge >= 0.3 is 0 Å². The average Bonchev–Trinajstić information content (AvgIpc) is 3.06. The van der Waals surface area contributed by atoms with E-state index in [9.17, 15) is 4.79 Å². The number of nitrogens with one attached hydrogen (secondary N) is 1. The zero-order valence-corrected chi connectivity index (χ0v) is 28.7. The molecule has 0 radical (unpaired) electrons. The Morgan fingerprint density at radius 3 is 1.78 bits per heavy atom. The van der Waals surface area contributed by atoms with Crippen molar-refractivity contribution in [1.82, 2.24) is 15.1 Å². The van der Waals surface area contributed by atoms with Crippen molar-refractivity contribution in [2.75, 3.05) is 25.0 Å². The van der Waals surface area contributed by atoms with Crippen LogP contribution in [0.1, 0.15) is 153 Å². The number of carbonyl (C=O) groups excluding carboxylic acids is 1. The number of amides is 1. The lowest BCUT2D eigenvalue weighted by atomic mass is 9.88. The minimum Gasteiger partial charge on any atom is -0.472 e. The van der Waals surface area contributed by atoms with Crippen LogP contribution in [0, 0.1) is 17.8 Å². The molecule has 1 aromatic heterocycles. The third-order valence-corrected chi connectivity index (χ3v) is 9.78. The predicted octanol–water partition coefficient (Wildman–Crippen LogP) is 9.72. The maximum atomic E-state index is 11.2. The van der Waals surface area contributed by atoms with Gasteiger partial charge in [0.05, 0.1) is 0 Å². The molecule has 1 N–H and O–H groups in total. The second-order valence-electron chi connectivity index (χ2n) is 13.8. The zero-order chi connectivity index (χ0) is 32.1. The summed E-state index contributed by atoms with van der Waals surface area (Å²) in [4.78, 5) is 13.9. The number of anilines is 1. The molecule has 3 aliphatic rings. The number of fused-ring (bicyclic) bond motifs is 22. The van der Waals surface area contributed by atoms with E-state index in [1.165, 1.54) is 155 Å². The fraction of sp³-hybridized carbons (Fsp3) is 0.675. The molecule has 3 fully saturated rings. The third-order valence-electron chi connectivity index (χ3n) is 9.78. The molecule has 3 unspecified atom stereocenters. The summed E-state index contributed by atoms with van der Waals surface area (Å²) in [5.74, 6) is 7.33. The van der Waals surface area contributed by atoms with E-state index in [1.807, 2.05) is 36.4 Å². The van der Waals surface area contributed by atoms with Crippen LogP contribution < -0.4 is 10.1 Å². The van der Waals surface area contributed by atoms with Crippen molar-refractivity contribution < 1.29 is 9.53 Å². The van der Waals surface area contributed by atoms with Gasteiger partial charge in [-0.2, -0.15) is 0 Å². The molecule has 1 aromatic carbocycles. The molecule has 252 valence electrons. The first-order chi connectivity index (χ1) is 22.7. The molecule has 2 bridgehead atoms. The Morgan fingerprint density at radius 2 is 1.24 bits per heavy atom. The molecule has 1 amide bonds. The number of benzene rings is 1.